The van der Waals surface area contributed by atoms with E-state index in [2.05, 4.69) is 42.9 Å². The van der Waals surface area contributed by atoms with Crippen LogP contribution in [0.4, 0.5) is 0 Å². The van der Waals surface area contributed by atoms with Gasteiger partial charge < -0.3 is 15.5 Å². The Labute approximate surface area is 182 Å². The zero-order chi connectivity index (χ0) is 21.4. The number of fused-ring (bicyclic) bond motifs is 1. The number of nitrogens with zero attached hydrogens (tertiary/aromatic N) is 1. The van der Waals surface area contributed by atoms with Crippen molar-refractivity contribution in [1.82, 2.24) is 10.3 Å². The Bertz CT molecular complexity index is 738. The highest BCUT2D eigenvalue weighted by Gasteiger charge is 2.56. The lowest BCUT2D eigenvalue weighted by Gasteiger charge is -2.56. The van der Waals surface area contributed by atoms with Gasteiger partial charge in [-0.2, -0.15) is 0 Å². The minimum Gasteiger partial charge on any atom is -0.396 e. The number of rotatable bonds is 6. The van der Waals surface area contributed by atoms with Gasteiger partial charge in [-0.1, -0.05) is 26.0 Å². The molecule has 0 aliphatic heterocycles. The van der Waals surface area contributed by atoms with Gasteiger partial charge in [0.05, 0.1) is 6.10 Å². The Morgan fingerprint density at radius 1 is 1.13 bits per heavy atom. The number of aliphatic hydroxyl groups excluding tert-OH is 2. The number of aliphatic hydroxyl groups is 2. The summed E-state index contributed by atoms with van der Waals surface area (Å²) in [6.45, 7) is 11.4. The summed E-state index contributed by atoms with van der Waals surface area (Å²) in [7, 11) is 0. The highest BCUT2D eigenvalue weighted by molar-refractivity contribution is 5.21. The van der Waals surface area contributed by atoms with Gasteiger partial charge in [-0.05, 0) is 104 Å². The van der Waals surface area contributed by atoms with Crippen LogP contribution in [-0.2, 0) is 6.54 Å². The van der Waals surface area contributed by atoms with Gasteiger partial charge in [-0.25, -0.2) is 0 Å². The number of aromatic nitrogens is 1. The average Bonchev–Trinajstić information content (AvgIpc) is 3.05. The molecule has 0 amide bonds. The molecular formula is C26H40N2O2. The van der Waals surface area contributed by atoms with Gasteiger partial charge in [0.15, 0.2) is 0 Å². The molecule has 3 aliphatic carbocycles. The Kier molecular flexibility index (Phi) is 6.39. The van der Waals surface area contributed by atoms with Crippen LogP contribution in [0, 0.1) is 34.5 Å². The summed E-state index contributed by atoms with van der Waals surface area (Å²) >= 11 is 0. The van der Waals surface area contributed by atoms with Crippen molar-refractivity contribution in [2.24, 2.45) is 34.5 Å². The smallest absolute Gasteiger partial charge is 0.0544 e. The number of allylic oxidation sites excluding steroid dienone is 1. The molecule has 0 radical (unpaired) electrons. The maximum Gasteiger partial charge on any atom is 0.0544 e. The van der Waals surface area contributed by atoms with E-state index < -0.39 is 0 Å². The number of hydrogen-bond acceptors (Lipinski definition) is 4. The van der Waals surface area contributed by atoms with E-state index in [4.69, 9.17) is 0 Å². The van der Waals surface area contributed by atoms with Crippen LogP contribution in [0.25, 0.3) is 0 Å². The Morgan fingerprint density at radius 2 is 1.90 bits per heavy atom. The van der Waals surface area contributed by atoms with Crippen molar-refractivity contribution in [3.63, 3.8) is 0 Å². The van der Waals surface area contributed by atoms with E-state index in [0.29, 0.717) is 17.8 Å². The molecular weight excluding hydrogens is 372 g/mol. The van der Waals surface area contributed by atoms with Crippen molar-refractivity contribution >= 4 is 0 Å². The third-order valence-electron chi connectivity index (χ3n) is 9.42. The minimum absolute atomic E-state index is 0.0995. The Hall–Kier alpha value is -1.23. The van der Waals surface area contributed by atoms with E-state index in [1.165, 1.54) is 30.4 Å². The van der Waals surface area contributed by atoms with Crippen molar-refractivity contribution < 1.29 is 10.2 Å². The van der Waals surface area contributed by atoms with E-state index in [-0.39, 0.29) is 29.5 Å². The van der Waals surface area contributed by atoms with Gasteiger partial charge in [-0.3, -0.25) is 4.98 Å². The van der Waals surface area contributed by atoms with Gasteiger partial charge in [0.2, 0.25) is 0 Å². The summed E-state index contributed by atoms with van der Waals surface area (Å²) < 4.78 is 0. The largest absolute Gasteiger partial charge is 0.396 e. The highest BCUT2D eigenvalue weighted by Crippen LogP contribution is 2.63. The van der Waals surface area contributed by atoms with Crippen molar-refractivity contribution in [2.75, 3.05) is 13.2 Å². The van der Waals surface area contributed by atoms with Gasteiger partial charge in [0.1, 0.15) is 0 Å². The quantitative estimate of drug-likeness (QED) is 0.609. The van der Waals surface area contributed by atoms with Gasteiger partial charge in [0, 0.05) is 25.5 Å². The molecule has 4 heteroatoms. The predicted octanol–water partition coefficient (Wildman–Crippen LogP) is 4.33. The summed E-state index contributed by atoms with van der Waals surface area (Å²) in [5.74, 6) is 2.02. The monoisotopic (exact) mass is 412 g/mol. The number of pyridine rings is 1. The zero-order valence-electron chi connectivity index (χ0n) is 18.8. The maximum absolute atomic E-state index is 10.3. The summed E-state index contributed by atoms with van der Waals surface area (Å²) in [5, 5.41) is 24.3. The van der Waals surface area contributed by atoms with Crippen LogP contribution in [0.2, 0.25) is 0 Å². The molecule has 3 fully saturated rings. The van der Waals surface area contributed by atoms with Crippen LogP contribution < -0.4 is 5.32 Å². The van der Waals surface area contributed by atoms with Crippen molar-refractivity contribution in [1.29, 1.82) is 0 Å². The molecule has 30 heavy (non-hydrogen) atoms. The fourth-order valence-corrected chi connectivity index (χ4v) is 7.35. The van der Waals surface area contributed by atoms with E-state index in [9.17, 15) is 10.2 Å². The normalized spacial score (nSPS) is 41.6. The van der Waals surface area contributed by atoms with Gasteiger partial charge in [-0.15, -0.1) is 0 Å². The molecule has 0 spiro atoms. The van der Waals surface area contributed by atoms with E-state index in [1.807, 2.05) is 12.4 Å². The topological polar surface area (TPSA) is 65.4 Å². The molecule has 1 aromatic heterocycles. The molecule has 166 valence electrons. The highest BCUT2D eigenvalue weighted by atomic mass is 16.3. The van der Waals surface area contributed by atoms with Crippen molar-refractivity contribution in [3.05, 3.63) is 42.2 Å². The second-order valence-electron chi connectivity index (χ2n) is 10.8. The molecule has 0 aromatic carbocycles. The van der Waals surface area contributed by atoms with Crippen LogP contribution in [0.5, 0.6) is 0 Å². The standard InChI is InChI=1S/C26H40N2O2/c1-18-4-5-23-22(16-28-15-19-8-12-27-13-9-19)24(7-11-25(18,23)2)26(3)10-6-21(30)14-20(26)17-29/h8-9,12-13,20-24,28-30H,1,4-7,10-11,14-17H2,2-3H3/t20-,21+,22+,23+,24+,25-,26+/m1/s1. The van der Waals surface area contributed by atoms with E-state index in [0.717, 1.165) is 38.8 Å². The first-order valence-corrected chi connectivity index (χ1v) is 12.0. The molecule has 0 saturated heterocycles. The molecule has 0 bridgehead atoms. The van der Waals surface area contributed by atoms with E-state index >= 15 is 0 Å². The fourth-order valence-electron chi connectivity index (χ4n) is 7.35. The first kappa shape index (κ1) is 22.0. The summed E-state index contributed by atoms with van der Waals surface area (Å²) in [6.07, 6.45) is 10.9. The third kappa shape index (κ3) is 3.87. The molecule has 1 aromatic rings. The molecule has 0 unspecified atom stereocenters. The molecule has 7 atom stereocenters. The van der Waals surface area contributed by atoms with E-state index in [1.54, 1.807) is 0 Å². The molecule has 3 N–H and O–H groups in total. The molecule has 3 aliphatic rings. The molecule has 3 saturated carbocycles. The summed E-state index contributed by atoms with van der Waals surface area (Å²) in [5.41, 5.74) is 3.09. The fraction of sp³-hybridized carbons (Fsp3) is 0.731. The summed E-state index contributed by atoms with van der Waals surface area (Å²) in [6, 6.07) is 4.16. The van der Waals surface area contributed by atoms with Gasteiger partial charge in [0.25, 0.3) is 0 Å². The Balaban J connectivity index is 1.57. The third-order valence-corrected chi connectivity index (χ3v) is 9.42. The van der Waals surface area contributed by atoms with Crippen LogP contribution in [0.1, 0.15) is 64.4 Å². The zero-order valence-corrected chi connectivity index (χ0v) is 18.8. The second-order valence-corrected chi connectivity index (χ2v) is 10.8. The summed E-state index contributed by atoms with van der Waals surface area (Å²) in [4.78, 5) is 4.13. The van der Waals surface area contributed by atoms with Crippen LogP contribution >= 0.6 is 0 Å². The van der Waals surface area contributed by atoms with Crippen LogP contribution in [0.15, 0.2) is 36.7 Å². The number of hydrogen-bond donors (Lipinski definition) is 3. The maximum atomic E-state index is 10.3. The van der Waals surface area contributed by atoms with Crippen molar-refractivity contribution in [3.8, 4) is 0 Å². The SMILES string of the molecule is C=C1CC[C@H]2[C@H](CNCc3ccncc3)[C@@H]([C@@]3(C)CC[C@H](O)C[C@@H]3CO)CC[C@]12C. The number of nitrogens with one attached hydrogen (secondary N) is 1. The van der Waals surface area contributed by atoms with Gasteiger partial charge >= 0.3 is 0 Å². The lowest BCUT2D eigenvalue weighted by Crippen LogP contribution is -2.53. The average molecular weight is 413 g/mol. The minimum atomic E-state index is -0.251. The predicted molar refractivity (Wildman–Crippen MR) is 121 cm³/mol. The first-order chi connectivity index (χ1) is 14.4. The van der Waals surface area contributed by atoms with Crippen LogP contribution in [-0.4, -0.2) is 34.5 Å². The molecule has 4 rings (SSSR count). The van der Waals surface area contributed by atoms with Crippen molar-refractivity contribution in [2.45, 2.75) is 71.4 Å². The molecule has 1 heterocycles. The first-order valence-electron chi connectivity index (χ1n) is 12.0. The Morgan fingerprint density at radius 3 is 2.63 bits per heavy atom. The van der Waals surface area contributed by atoms with Crippen LogP contribution in [0.3, 0.4) is 0 Å². The lowest BCUT2D eigenvalue weighted by molar-refractivity contribution is -0.0933. The molecule has 4 nitrogen and oxygen atoms in total. The second kappa shape index (κ2) is 8.72. The lowest BCUT2D eigenvalue weighted by atomic mass is 9.49.